The number of halogens is 2. The van der Waals surface area contributed by atoms with E-state index in [-0.39, 0.29) is 5.95 Å². The zero-order valence-electron chi connectivity index (χ0n) is 11.2. The molecule has 2 heterocycles. The fraction of sp³-hybridized carbons (Fsp3) is 0.286. The van der Waals surface area contributed by atoms with E-state index in [0.717, 1.165) is 24.3 Å². The zero-order chi connectivity index (χ0) is 14.8. The molecule has 21 heavy (non-hydrogen) atoms. The molecule has 0 bridgehead atoms. The molecule has 0 saturated carbocycles. The van der Waals surface area contributed by atoms with Crippen molar-refractivity contribution in [2.24, 2.45) is 0 Å². The van der Waals surface area contributed by atoms with Gasteiger partial charge < -0.3 is 15.4 Å². The van der Waals surface area contributed by atoms with Gasteiger partial charge in [0.2, 0.25) is 5.95 Å². The summed E-state index contributed by atoms with van der Waals surface area (Å²) in [6, 6.07) is 5.32. The fourth-order valence-corrected chi connectivity index (χ4v) is 2.80. The minimum Gasteiger partial charge on any atom is -0.378 e. The van der Waals surface area contributed by atoms with Crippen LogP contribution < -0.4 is 10.6 Å². The highest BCUT2D eigenvalue weighted by Crippen LogP contribution is 2.35. The molecule has 2 aromatic rings. The van der Waals surface area contributed by atoms with Gasteiger partial charge in [0.15, 0.2) is 0 Å². The molecule has 110 valence electrons. The summed E-state index contributed by atoms with van der Waals surface area (Å²) in [6.07, 6.45) is 1.73. The van der Waals surface area contributed by atoms with Crippen molar-refractivity contribution in [1.29, 1.82) is 0 Å². The Morgan fingerprint density at radius 2 is 1.95 bits per heavy atom. The molecule has 2 N–H and O–H groups in total. The van der Waals surface area contributed by atoms with Crippen LogP contribution in [-0.2, 0) is 4.74 Å². The Hall–Kier alpha value is -1.56. The Kier molecular flexibility index (Phi) is 4.14. The van der Waals surface area contributed by atoms with E-state index in [1.165, 1.54) is 0 Å². The lowest BCUT2D eigenvalue weighted by Crippen LogP contribution is -2.36. The number of hydrogen-bond donors (Lipinski definition) is 1. The molecule has 1 saturated heterocycles. The van der Waals surface area contributed by atoms with Gasteiger partial charge in [-0.05, 0) is 18.2 Å². The molecule has 0 radical (unpaired) electrons. The number of hydrogen-bond acceptors (Lipinski definition) is 5. The third-order valence-electron chi connectivity index (χ3n) is 3.33. The smallest absolute Gasteiger partial charge is 0.220 e. The molecule has 0 unspecified atom stereocenters. The standard InChI is InChI=1S/C14H14Cl2N4O/c15-9-1-2-10(11(16)7-9)13-12(8-18-14(17)19-13)20-3-5-21-6-4-20/h1-2,7-8H,3-6H2,(H2,17,18,19). The first kappa shape index (κ1) is 14.4. The van der Waals surface area contributed by atoms with Crippen LogP contribution in [0.5, 0.6) is 0 Å². The highest BCUT2D eigenvalue weighted by molar-refractivity contribution is 6.36. The van der Waals surface area contributed by atoms with Crippen molar-refractivity contribution >= 4 is 34.8 Å². The number of anilines is 2. The van der Waals surface area contributed by atoms with Crippen LogP contribution in [0.4, 0.5) is 11.6 Å². The molecule has 1 aliphatic rings. The van der Waals surface area contributed by atoms with Crippen molar-refractivity contribution in [3.63, 3.8) is 0 Å². The third-order valence-corrected chi connectivity index (χ3v) is 3.87. The van der Waals surface area contributed by atoms with E-state index < -0.39 is 0 Å². The van der Waals surface area contributed by atoms with Crippen molar-refractivity contribution < 1.29 is 4.74 Å². The van der Waals surface area contributed by atoms with Gasteiger partial charge in [-0.3, -0.25) is 0 Å². The molecular weight excluding hydrogens is 311 g/mol. The highest BCUT2D eigenvalue weighted by Gasteiger charge is 2.19. The Balaban J connectivity index is 2.09. The van der Waals surface area contributed by atoms with E-state index in [1.54, 1.807) is 18.3 Å². The lowest BCUT2D eigenvalue weighted by atomic mass is 10.1. The second kappa shape index (κ2) is 6.05. The Morgan fingerprint density at radius 1 is 1.19 bits per heavy atom. The zero-order valence-corrected chi connectivity index (χ0v) is 12.7. The average Bonchev–Trinajstić information content (AvgIpc) is 2.48. The summed E-state index contributed by atoms with van der Waals surface area (Å²) in [4.78, 5) is 10.6. The summed E-state index contributed by atoms with van der Waals surface area (Å²) < 4.78 is 5.38. The van der Waals surface area contributed by atoms with Crippen LogP contribution in [0.3, 0.4) is 0 Å². The molecule has 0 spiro atoms. The van der Waals surface area contributed by atoms with Gasteiger partial charge in [-0.1, -0.05) is 23.2 Å². The number of morpholine rings is 1. The summed E-state index contributed by atoms with van der Waals surface area (Å²) in [5.41, 5.74) is 8.14. The van der Waals surface area contributed by atoms with Gasteiger partial charge in [0, 0.05) is 23.7 Å². The first-order chi connectivity index (χ1) is 10.1. The van der Waals surface area contributed by atoms with Crippen molar-refractivity contribution in [1.82, 2.24) is 9.97 Å². The maximum Gasteiger partial charge on any atom is 0.220 e. The van der Waals surface area contributed by atoms with Crippen LogP contribution in [-0.4, -0.2) is 36.3 Å². The highest BCUT2D eigenvalue weighted by atomic mass is 35.5. The SMILES string of the molecule is Nc1ncc(N2CCOCC2)c(-c2ccc(Cl)cc2Cl)n1. The number of aromatic nitrogens is 2. The normalized spacial score (nSPS) is 15.2. The molecule has 7 heteroatoms. The lowest BCUT2D eigenvalue weighted by molar-refractivity contribution is 0.122. The summed E-state index contributed by atoms with van der Waals surface area (Å²) in [7, 11) is 0. The monoisotopic (exact) mass is 324 g/mol. The quantitative estimate of drug-likeness (QED) is 0.920. The van der Waals surface area contributed by atoms with Gasteiger partial charge in [0.25, 0.3) is 0 Å². The number of benzene rings is 1. The second-order valence-electron chi connectivity index (χ2n) is 4.69. The fourth-order valence-electron chi connectivity index (χ4n) is 2.30. The predicted octanol–water partition coefficient (Wildman–Crippen LogP) is 2.87. The van der Waals surface area contributed by atoms with E-state index in [4.69, 9.17) is 33.7 Å². The van der Waals surface area contributed by atoms with Crippen molar-refractivity contribution in [3.8, 4) is 11.3 Å². The summed E-state index contributed by atoms with van der Waals surface area (Å²) in [5, 5.41) is 1.12. The minimum atomic E-state index is 0.216. The first-order valence-corrected chi connectivity index (χ1v) is 7.31. The average molecular weight is 325 g/mol. The van der Waals surface area contributed by atoms with Gasteiger partial charge in [0.05, 0.1) is 30.1 Å². The van der Waals surface area contributed by atoms with Crippen molar-refractivity contribution in [2.75, 3.05) is 36.9 Å². The molecule has 1 aromatic heterocycles. The van der Waals surface area contributed by atoms with Crippen molar-refractivity contribution in [3.05, 3.63) is 34.4 Å². The summed E-state index contributed by atoms with van der Waals surface area (Å²) in [6.45, 7) is 2.92. The summed E-state index contributed by atoms with van der Waals surface area (Å²) in [5.74, 6) is 0.216. The molecule has 1 aromatic carbocycles. The van der Waals surface area contributed by atoms with E-state index in [1.807, 2.05) is 6.07 Å². The molecule has 1 aliphatic heterocycles. The number of rotatable bonds is 2. The van der Waals surface area contributed by atoms with Gasteiger partial charge in [0.1, 0.15) is 5.69 Å². The number of ether oxygens (including phenoxy) is 1. The predicted molar refractivity (Wildman–Crippen MR) is 84.9 cm³/mol. The van der Waals surface area contributed by atoms with Gasteiger partial charge in [-0.25, -0.2) is 9.97 Å². The lowest BCUT2D eigenvalue weighted by Gasteiger charge is -2.30. The first-order valence-electron chi connectivity index (χ1n) is 6.56. The second-order valence-corrected chi connectivity index (χ2v) is 5.53. The maximum atomic E-state index is 6.30. The van der Waals surface area contributed by atoms with Crippen molar-refractivity contribution in [2.45, 2.75) is 0 Å². The van der Waals surface area contributed by atoms with Gasteiger partial charge in [-0.2, -0.15) is 0 Å². The maximum absolute atomic E-state index is 6.30. The van der Waals surface area contributed by atoms with Crippen LogP contribution in [0.2, 0.25) is 10.0 Å². The number of nitrogens with two attached hydrogens (primary N) is 1. The molecule has 0 atom stereocenters. The van der Waals surface area contributed by atoms with E-state index >= 15 is 0 Å². The van der Waals surface area contributed by atoms with E-state index in [9.17, 15) is 0 Å². The van der Waals surface area contributed by atoms with E-state index in [0.29, 0.717) is 29.0 Å². The molecule has 3 rings (SSSR count). The number of nitrogens with zero attached hydrogens (tertiary/aromatic N) is 3. The molecule has 0 amide bonds. The topological polar surface area (TPSA) is 64.3 Å². The van der Waals surface area contributed by atoms with Crippen LogP contribution >= 0.6 is 23.2 Å². The molecular formula is C14H14Cl2N4O. The molecule has 0 aliphatic carbocycles. The van der Waals surface area contributed by atoms with Crippen LogP contribution in [0, 0.1) is 0 Å². The molecule has 5 nitrogen and oxygen atoms in total. The third kappa shape index (κ3) is 3.05. The van der Waals surface area contributed by atoms with E-state index in [2.05, 4.69) is 14.9 Å². The van der Waals surface area contributed by atoms with Crippen LogP contribution in [0.1, 0.15) is 0 Å². The van der Waals surface area contributed by atoms with Crippen LogP contribution in [0.15, 0.2) is 24.4 Å². The summed E-state index contributed by atoms with van der Waals surface area (Å²) >= 11 is 12.3. The Bertz CT molecular complexity index is 659. The molecule has 1 fully saturated rings. The van der Waals surface area contributed by atoms with Crippen LogP contribution in [0.25, 0.3) is 11.3 Å². The van der Waals surface area contributed by atoms with Gasteiger partial charge in [-0.15, -0.1) is 0 Å². The minimum absolute atomic E-state index is 0.216. The van der Waals surface area contributed by atoms with Gasteiger partial charge >= 0.3 is 0 Å². The largest absolute Gasteiger partial charge is 0.378 e. The number of nitrogen functional groups attached to an aromatic ring is 1. The Labute approximate surface area is 132 Å². The Morgan fingerprint density at radius 3 is 2.67 bits per heavy atom.